The summed E-state index contributed by atoms with van der Waals surface area (Å²) in [6, 6.07) is 10.6. The van der Waals surface area contributed by atoms with Crippen molar-refractivity contribution in [3.05, 3.63) is 76.4 Å². The van der Waals surface area contributed by atoms with E-state index in [1.807, 2.05) is 31.9 Å². The van der Waals surface area contributed by atoms with Gasteiger partial charge in [0.2, 0.25) is 0 Å². The fourth-order valence-corrected chi connectivity index (χ4v) is 3.50. The summed E-state index contributed by atoms with van der Waals surface area (Å²) >= 11 is 0. The monoisotopic (exact) mass is 494 g/mol. The van der Waals surface area contributed by atoms with Crippen LogP contribution in [0.2, 0.25) is 0 Å². The third-order valence-electron chi connectivity index (χ3n) is 5.92. The summed E-state index contributed by atoms with van der Waals surface area (Å²) in [6.07, 6.45) is 6.10. The van der Waals surface area contributed by atoms with Gasteiger partial charge in [0.1, 0.15) is 18.3 Å². The van der Waals surface area contributed by atoms with Crippen molar-refractivity contribution in [3.8, 4) is 5.75 Å². The number of carbonyl (C=O) groups is 4. The molecule has 1 atom stereocenters. The molecule has 0 bridgehead atoms. The number of Topliss-reactive ketones (excluding diaryl/α,β-unsaturated/α-hetero) is 1. The summed E-state index contributed by atoms with van der Waals surface area (Å²) in [4.78, 5) is 45.9. The first-order chi connectivity index (χ1) is 17.1. The van der Waals surface area contributed by atoms with Crippen molar-refractivity contribution in [3.63, 3.8) is 0 Å². The van der Waals surface area contributed by atoms with E-state index in [4.69, 9.17) is 9.53 Å². The first-order valence-electron chi connectivity index (χ1n) is 11.4. The lowest BCUT2D eigenvalue weighted by molar-refractivity contribution is -0.134. The van der Waals surface area contributed by atoms with Gasteiger partial charge in [-0.15, -0.1) is 0 Å². The molecular formula is C29H34O7. The van der Waals surface area contributed by atoms with E-state index in [9.17, 15) is 24.6 Å². The van der Waals surface area contributed by atoms with Crippen LogP contribution in [0.15, 0.2) is 48.6 Å². The third kappa shape index (κ3) is 8.22. The number of rotatable bonds is 12. The zero-order valence-corrected chi connectivity index (χ0v) is 21.2. The Morgan fingerprint density at radius 1 is 0.917 bits per heavy atom. The highest BCUT2D eigenvalue weighted by Crippen LogP contribution is 2.29. The maximum atomic E-state index is 13.2. The molecule has 2 rings (SSSR count). The Bertz CT molecular complexity index is 1130. The van der Waals surface area contributed by atoms with Crippen LogP contribution in [0.25, 0.3) is 12.2 Å². The second kappa shape index (κ2) is 14.7. The number of ether oxygens (including phenoxy) is 1. The molecular weight excluding hydrogens is 460 g/mol. The largest absolute Gasteiger partial charge is 0.496 e. The van der Waals surface area contributed by atoms with Gasteiger partial charge in [0.05, 0.1) is 25.7 Å². The minimum absolute atomic E-state index is 0.0945. The van der Waals surface area contributed by atoms with Crippen molar-refractivity contribution >= 4 is 36.3 Å². The van der Waals surface area contributed by atoms with Gasteiger partial charge >= 0.3 is 0 Å². The van der Waals surface area contributed by atoms with Crippen LogP contribution in [-0.4, -0.2) is 41.5 Å². The summed E-state index contributed by atoms with van der Waals surface area (Å²) in [5.41, 5.74) is 2.13. The molecule has 0 heterocycles. The number of hydrogen-bond donors (Lipinski definition) is 2. The fourth-order valence-electron chi connectivity index (χ4n) is 3.50. The van der Waals surface area contributed by atoms with Crippen LogP contribution in [0.4, 0.5) is 0 Å². The van der Waals surface area contributed by atoms with Crippen molar-refractivity contribution in [1.29, 1.82) is 0 Å². The van der Waals surface area contributed by atoms with Gasteiger partial charge in [-0.2, -0.15) is 0 Å². The van der Waals surface area contributed by atoms with E-state index in [0.717, 1.165) is 11.1 Å². The molecule has 2 aromatic carbocycles. The van der Waals surface area contributed by atoms with Crippen molar-refractivity contribution in [1.82, 2.24) is 0 Å². The standard InChI is InChI=1S/C28H32O6.CH2O/c1-19-5-6-22(16-25(19)34-4)9-12-27(33)28(3,14-13-20(2)31)26(32)11-8-21-7-10-23(17-29)24(15-21)18-30;1-2/h5-12,15-16,29-30H,13-14,17-18H2,1-4H3;1H2/b11-8+,12-9+;. The molecule has 2 aromatic rings. The number of allylic oxidation sites excluding steroid dienone is 2. The average molecular weight is 495 g/mol. The predicted molar refractivity (Wildman–Crippen MR) is 139 cm³/mol. The van der Waals surface area contributed by atoms with Gasteiger partial charge in [0, 0.05) is 6.42 Å². The van der Waals surface area contributed by atoms with Crippen molar-refractivity contribution < 1.29 is 34.1 Å². The topological polar surface area (TPSA) is 118 Å². The zero-order valence-electron chi connectivity index (χ0n) is 21.2. The Balaban J connectivity index is 0.00000316. The Hall–Kier alpha value is -3.68. The highest BCUT2D eigenvalue weighted by atomic mass is 16.5. The molecule has 0 aromatic heterocycles. The van der Waals surface area contributed by atoms with Crippen molar-refractivity contribution in [2.45, 2.75) is 46.8 Å². The van der Waals surface area contributed by atoms with Gasteiger partial charge in [-0.05, 0) is 79.3 Å². The normalized spacial score (nSPS) is 12.6. The van der Waals surface area contributed by atoms with Crippen LogP contribution in [0.3, 0.4) is 0 Å². The summed E-state index contributed by atoms with van der Waals surface area (Å²) in [5.74, 6) is -0.214. The van der Waals surface area contributed by atoms with E-state index in [2.05, 4.69) is 0 Å². The number of hydrogen-bond acceptors (Lipinski definition) is 7. The lowest BCUT2D eigenvalue weighted by atomic mass is 9.76. The Labute approximate surface area is 212 Å². The molecule has 0 fully saturated rings. The number of aliphatic hydroxyl groups is 2. The van der Waals surface area contributed by atoms with Gasteiger partial charge in [-0.3, -0.25) is 9.59 Å². The predicted octanol–water partition coefficient (Wildman–Crippen LogP) is 4.04. The molecule has 7 nitrogen and oxygen atoms in total. The molecule has 0 aliphatic rings. The van der Waals surface area contributed by atoms with Crippen LogP contribution >= 0.6 is 0 Å². The van der Waals surface area contributed by atoms with E-state index < -0.39 is 17.0 Å². The SMILES string of the molecule is C=O.COc1cc(/C=C/C(=O)C(C)(CCC(C)=O)C(=O)/C=C/c2ccc(CO)c(CO)c2)ccc1C. The molecule has 0 saturated heterocycles. The van der Waals surface area contributed by atoms with Crippen LogP contribution in [0.5, 0.6) is 5.75 Å². The number of benzene rings is 2. The van der Waals surface area contributed by atoms with Crippen LogP contribution in [0, 0.1) is 12.3 Å². The van der Waals surface area contributed by atoms with Gasteiger partial charge < -0.3 is 24.5 Å². The smallest absolute Gasteiger partial charge is 0.169 e. The molecule has 0 aliphatic carbocycles. The van der Waals surface area contributed by atoms with E-state index in [1.165, 1.54) is 19.1 Å². The molecule has 0 aliphatic heterocycles. The van der Waals surface area contributed by atoms with E-state index in [1.54, 1.807) is 44.4 Å². The van der Waals surface area contributed by atoms with Crippen molar-refractivity contribution in [2.75, 3.05) is 7.11 Å². The van der Waals surface area contributed by atoms with Crippen LogP contribution in [-0.2, 0) is 32.4 Å². The number of methoxy groups -OCH3 is 1. The molecule has 2 N–H and O–H groups in total. The highest BCUT2D eigenvalue weighted by Gasteiger charge is 2.37. The molecule has 0 spiro atoms. The minimum atomic E-state index is -1.40. The van der Waals surface area contributed by atoms with Crippen LogP contribution in [0.1, 0.15) is 54.5 Å². The van der Waals surface area contributed by atoms with Gasteiger partial charge in [0.25, 0.3) is 0 Å². The van der Waals surface area contributed by atoms with E-state index in [0.29, 0.717) is 22.4 Å². The number of aliphatic hydroxyl groups excluding tert-OH is 2. The van der Waals surface area contributed by atoms with Gasteiger partial charge in [0.15, 0.2) is 11.6 Å². The van der Waals surface area contributed by atoms with Crippen molar-refractivity contribution in [2.24, 2.45) is 5.41 Å². The molecule has 36 heavy (non-hydrogen) atoms. The summed E-state index contributed by atoms with van der Waals surface area (Å²) < 4.78 is 5.32. The minimum Gasteiger partial charge on any atom is -0.496 e. The summed E-state index contributed by atoms with van der Waals surface area (Å²) in [5, 5.41) is 18.8. The number of ketones is 3. The first kappa shape index (κ1) is 30.4. The quantitative estimate of drug-likeness (QED) is 0.338. The molecule has 7 heteroatoms. The summed E-state index contributed by atoms with van der Waals surface area (Å²) in [7, 11) is 1.58. The Morgan fingerprint density at radius 3 is 1.94 bits per heavy atom. The molecule has 192 valence electrons. The number of aryl methyl sites for hydroxylation is 1. The Morgan fingerprint density at radius 2 is 1.44 bits per heavy atom. The van der Waals surface area contributed by atoms with Gasteiger partial charge in [-0.25, -0.2) is 0 Å². The van der Waals surface area contributed by atoms with E-state index in [-0.39, 0.29) is 31.8 Å². The maximum absolute atomic E-state index is 13.2. The lowest BCUT2D eigenvalue weighted by Gasteiger charge is -2.23. The molecule has 0 amide bonds. The lowest BCUT2D eigenvalue weighted by Crippen LogP contribution is -2.35. The van der Waals surface area contributed by atoms with Crippen LogP contribution < -0.4 is 4.74 Å². The average Bonchev–Trinajstić information content (AvgIpc) is 2.90. The second-order valence-electron chi connectivity index (χ2n) is 8.50. The number of carbonyl (C=O) groups excluding carboxylic acids is 4. The fraction of sp³-hybridized carbons (Fsp3) is 0.310. The maximum Gasteiger partial charge on any atom is 0.169 e. The Kier molecular flexibility index (Phi) is 12.4. The molecule has 0 radical (unpaired) electrons. The van der Waals surface area contributed by atoms with E-state index >= 15 is 0 Å². The summed E-state index contributed by atoms with van der Waals surface area (Å²) in [6.45, 7) is 6.46. The molecule has 0 saturated carbocycles. The third-order valence-corrected chi connectivity index (χ3v) is 5.92. The highest BCUT2D eigenvalue weighted by molar-refractivity contribution is 6.17. The van der Waals surface area contributed by atoms with Gasteiger partial charge in [-0.1, -0.05) is 36.4 Å². The molecule has 1 unspecified atom stereocenters. The first-order valence-corrected chi connectivity index (χ1v) is 11.4. The zero-order chi connectivity index (χ0) is 27.3. The second-order valence-corrected chi connectivity index (χ2v) is 8.50.